The minimum atomic E-state index is -0.240. The predicted molar refractivity (Wildman–Crippen MR) is 78.6 cm³/mol. The normalized spacial score (nSPS) is 10.5. The fourth-order valence-electron chi connectivity index (χ4n) is 1.80. The maximum Gasteiger partial charge on any atom is 0.268 e. The predicted octanol–water partition coefficient (Wildman–Crippen LogP) is 2.07. The van der Waals surface area contributed by atoms with Crippen molar-refractivity contribution in [3.05, 3.63) is 46.2 Å². The van der Waals surface area contributed by atoms with Gasteiger partial charge in [0.25, 0.3) is 5.56 Å². The van der Waals surface area contributed by atoms with E-state index in [1.807, 2.05) is 24.3 Å². The lowest BCUT2D eigenvalue weighted by Crippen LogP contribution is -2.17. The Labute approximate surface area is 117 Å². The minimum absolute atomic E-state index is 0.197. The van der Waals surface area contributed by atoms with E-state index in [4.69, 9.17) is 10.5 Å². The summed E-state index contributed by atoms with van der Waals surface area (Å²) in [7, 11) is 0. The fraction of sp³-hybridized carbons (Fsp3) is 0.333. The molecule has 0 aliphatic carbocycles. The molecule has 2 aromatic rings. The van der Waals surface area contributed by atoms with Gasteiger partial charge in [0.15, 0.2) is 0 Å². The molecule has 0 saturated carbocycles. The molecule has 0 radical (unpaired) electrons. The van der Waals surface area contributed by atoms with Crippen LogP contribution in [-0.2, 0) is 6.54 Å². The summed E-state index contributed by atoms with van der Waals surface area (Å²) in [5, 5.41) is 6.49. The van der Waals surface area contributed by atoms with E-state index >= 15 is 0 Å². The molecule has 0 fully saturated rings. The molecule has 1 heterocycles. The maximum absolute atomic E-state index is 11.4. The fourth-order valence-corrected chi connectivity index (χ4v) is 1.80. The summed E-state index contributed by atoms with van der Waals surface area (Å²) in [5.41, 5.74) is 7.42. The highest BCUT2D eigenvalue weighted by atomic mass is 16.5. The zero-order chi connectivity index (χ0) is 14.4. The molecule has 5 nitrogen and oxygen atoms in total. The molecular formula is C15H19N3O2. The van der Waals surface area contributed by atoms with Gasteiger partial charge in [-0.25, -0.2) is 5.10 Å². The van der Waals surface area contributed by atoms with Crippen molar-refractivity contribution in [3.8, 4) is 17.0 Å². The Hall–Kier alpha value is -2.14. The number of rotatable bonds is 6. The average molecular weight is 273 g/mol. The van der Waals surface area contributed by atoms with Gasteiger partial charge in [-0.1, -0.05) is 13.3 Å². The zero-order valence-corrected chi connectivity index (χ0v) is 11.6. The van der Waals surface area contributed by atoms with Crippen LogP contribution in [0.15, 0.2) is 35.1 Å². The smallest absolute Gasteiger partial charge is 0.268 e. The number of nitrogens with one attached hydrogen (secondary N) is 1. The van der Waals surface area contributed by atoms with Gasteiger partial charge in [0.1, 0.15) is 5.75 Å². The number of nitrogens with zero attached hydrogens (tertiary/aromatic N) is 1. The van der Waals surface area contributed by atoms with Crippen LogP contribution in [0.1, 0.15) is 25.3 Å². The average Bonchev–Trinajstić information content (AvgIpc) is 2.49. The van der Waals surface area contributed by atoms with Crippen molar-refractivity contribution >= 4 is 0 Å². The largest absolute Gasteiger partial charge is 0.494 e. The van der Waals surface area contributed by atoms with Crippen LogP contribution in [0, 0.1) is 0 Å². The number of hydrogen-bond acceptors (Lipinski definition) is 4. The van der Waals surface area contributed by atoms with E-state index in [9.17, 15) is 4.79 Å². The molecule has 0 saturated heterocycles. The number of aromatic amines is 1. The second kappa shape index (κ2) is 6.86. The van der Waals surface area contributed by atoms with E-state index in [-0.39, 0.29) is 12.1 Å². The van der Waals surface area contributed by atoms with Crippen LogP contribution < -0.4 is 16.0 Å². The third-order valence-electron chi connectivity index (χ3n) is 3.02. The van der Waals surface area contributed by atoms with Gasteiger partial charge >= 0.3 is 0 Å². The van der Waals surface area contributed by atoms with Crippen molar-refractivity contribution in [3.63, 3.8) is 0 Å². The van der Waals surface area contributed by atoms with Crippen molar-refractivity contribution in [1.82, 2.24) is 10.2 Å². The maximum atomic E-state index is 11.4. The van der Waals surface area contributed by atoms with Gasteiger partial charge in [0, 0.05) is 17.7 Å². The van der Waals surface area contributed by atoms with Gasteiger partial charge in [0.05, 0.1) is 12.3 Å². The summed E-state index contributed by atoms with van der Waals surface area (Å²) in [6.07, 6.45) is 2.16. The molecule has 0 bridgehead atoms. The summed E-state index contributed by atoms with van der Waals surface area (Å²) in [6, 6.07) is 9.36. The van der Waals surface area contributed by atoms with Crippen LogP contribution in [0.25, 0.3) is 11.3 Å². The molecule has 0 atom stereocenters. The molecule has 1 aromatic heterocycles. The van der Waals surface area contributed by atoms with Gasteiger partial charge in [-0.15, -0.1) is 0 Å². The van der Waals surface area contributed by atoms with Gasteiger partial charge in [-0.2, -0.15) is 5.10 Å². The number of aromatic nitrogens is 2. The molecule has 1 aromatic carbocycles. The Kier molecular flexibility index (Phi) is 4.90. The minimum Gasteiger partial charge on any atom is -0.494 e. The molecule has 106 valence electrons. The molecule has 3 N–H and O–H groups in total. The molecule has 0 aliphatic heterocycles. The van der Waals surface area contributed by atoms with Gasteiger partial charge in [-0.05, 0) is 36.8 Å². The summed E-state index contributed by atoms with van der Waals surface area (Å²) < 4.78 is 5.60. The molecule has 5 heteroatoms. The molecule has 0 spiro atoms. The second-order valence-electron chi connectivity index (χ2n) is 4.54. The van der Waals surface area contributed by atoms with E-state index in [0.717, 1.165) is 30.8 Å². The number of ether oxygens (including phenoxy) is 1. The van der Waals surface area contributed by atoms with Crippen LogP contribution >= 0.6 is 0 Å². The van der Waals surface area contributed by atoms with Crippen molar-refractivity contribution in [2.24, 2.45) is 5.73 Å². The molecule has 0 unspecified atom stereocenters. The third-order valence-corrected chi connectivity index (χ3v) is 3.02. The number of nitrogens with two attached hydrogens (primary N) is 1. The number of unbranched alkanes of at least 4 members (excludes halogenated alkanes) is 1. The van der Waals surface area contributed by atoms with E-state index in [0.29, 0.717) is 11.3 Å². The van der Waals surface area contributed by atoms with E-state index in [1.165, 1.54) is 0 Å². The van der Waals surface area contributed by atoms with Crippen LogP contribution in [0.5, 0.6) is 5.75 Å². The molecule has 0 aliphatic rings. The molecular weight excluding hydrogens is 254 g/mol. The lowest BCUT2D eigenvalue weighted by atomic mass is 10.1. The first-order chi connectivity index (χ1) is 9.74. The van der Waals surface area contributed by atoms with Crippen LogP contribution in [-0.4, -0.2) is 16.8 Å². The zero-order valence-electron chi connectivity index (χ0n) is 11.6. The van der Waals surface area contributed by atoms with Crippen molar-refractivity contribution in [1.29, 1.82) is 0 Å². The van der Waals surface area contributed by atoms with Crippen molar-refractivity contribution < 1.29 is 4.74 Å². The second-order valence-corrected chi connectivity index (χ2v) is 4.54. The monoisotopic (exact) mass is 273 g/mol. The van der Waals surface area contributed by atoms with Gasteiger partial charge < -0.3 is 10.5 Å². The molecule has 20 heavy (non-hydrogen) atoms. The third kappa shape index (κ3) is 3.45. The SMILES string of the molecule is CCCCOc1ccc(-c2cc(CN)c(=O)[nH]n2)cc1. The van der Waals surface area contributed by atoms with Crippen LogP contribution in [0.4, 0.5) is 0 Å². The summed E-state index contributed by atoms with van der Waals surface area (Å²) >= 11 is 0. The Morgan fingerprint density at radius 2 is 2.05 bits per heavy atom. The van der Waals surface area contributed by atoms with Crippen molar-refractivity contribution in [2.75, 3.05) is 6.61 Å². The lowest BCUT2D eigenvalue weighted by Gasteiger charge is -2.06. The number of benzene rings is 1. The summed E-state index contributed by atoms with van der Waals surface area (Å²) in [4.78, 5) is 11.4. The Bertz CT molecular complexity index is 605. The Morgan fingerprint density at radius 3 is 2.70 bits per heavy atom. The molecule has 2 rings (SSSR count). The van der Waals surface area contributed by atoms with E-state index < -0.39 is 0 Å². The highest BCUT2D eigenvalue weighted by Crippen LogP contribution is 2.20. The van der Waals surface area contributed by atoms with E-state index in [1.54, 1.807) is 6.07 Å². The summed E-state index contributed by atoms with van der Waals surface area (Å²) in [6.45, 7) is 3.05. The Balaban J connectivity index is 2.15. The number of hydrogen-bond donors (Lipinski definition) is 2. The quantitative estimate of drug-likeness (QED) is 0.789. The first-order valence-corrected chi connectivity index (χ1v) is 6.76. The highest BCUT2D eigenvalue weighted by molar-refractivity contribution is 5.60. The van der Waals surface area contributed by atoms with Crippen molar-refractivity contribution in [2.45, 2.75) is 26.3 Å². The van der Waals surface area contributed by atoms with Gasteiger partial charge in [0.2, 0.25) is 0 Å². The highest BCUT2D eigenvalue weighted by Gasteiger charge is 2.04. The topological polar surface area (TPSA) is 81.0 Å². The first-order valence-electron chi connectivity index (χ1n) is 6.76. The standard InChI is InChI=1S/C15H19N3O2/c1-2-3-8-20-13-6-4-11(5-7-13)14-9-12(10-16)15(19)18-17-14/h4-7,9H,2-3,8,10,16H2,1H3,(H,18,19). The van der Waals surface area contributed by atoms with Crippen LogP contribution in [0.2, 0.25) is 0 Å². The summed E-state index contributed by atoms with van der Waals surface area (Å²) in [5.74, 6) is 0.839. The Morgan fingerprint density at radius 1 is 1.30 bits per heavy atom. The number of H-pyrrole nitrogens is 1. The molecule has 0 amide bonds. The lowest BCUT2D eigenvalue weighted by molar-refractivity contribution is 0.309. The van der Waals surface area contributed by atoms with Crippen LogP contribution in [0.3, 0.4) is 0 Å². The first kappa shape index (κ1) is 14.3. The van der Waals surface area contributed by atoms with E-state index in [2.05, 4.69) is 17.1 Å². The van der Waals surface area contributed by atoms with Gasteiger partial charge in [-0.3, -0.25) is 4.79 Å².